The Morgan fingerprint density at radius 2 is 2.21 bits per heavy atom. The summed E-state index contributed by atoms with van der Waals surface area (Å²) in [4.78, 5) is 8.61. The van der Waals surface area contributed by atoms with E-state index in [4.69, 9.17) is 5.84 Å². The molecule has 0 saturated carbocycles. The van der Waals surface area contributed by atoms with Crippen LogP contribution in [-0.2, 0) is 6.54 Å². The molecule has 3 rings (SSSR count). The van der Waals surface area contributed by atoms with Crippen molar-refractivity contribution in [3.05, 3.63) is 37.1 Å². The third-order valence-corrected chi connectivity index (χ3v) is 2.71. The largest absolute Gasteiger partial charge is 0.365 e. The molecule has 3 aromatic rings. The summed E-state index contributed by atoms with van der Waals surface area (Å²) < 4.78 is 3.71. The lowest BCUT2D eigenvalue weighted by molar-refractivity contribution is 0.637. The van der Waals surface area contributed by atoms with Crippen molar-refractivity contribution in [2.24, 2.45) is 5.84 Å². The normalized spacial score (nSPS) is 10.8. The van der Waals surface area contributed by atoms with E-state index in [2.05, 4.69) is 25.8 Å². The van der Waals surface area contributed by atoms with Crippen LogP contribution in [0.3, 0.4) is 0 Å². The van der Waals surface area contributed by atoms with Crippen molar-refractivity contribution in [3.63, 3.8) is 0 Å². The van der Waals surface area contributed by atoms with Crippen molar-refractivity contribution in [1.82, 2.24) is 24.1 Å². The van der Waals surface area contributed by atoms with Gasteiger partial charge in [-0.1, -0.05) is 0 Å². The van der Waals surface area contributed by atoms with Gasteiger partial charge in [0.05, 0.1) is 12.7 Å². The molecule has 0 aromatic carbocycles. The van der Waals surface area contributed by atoms with Gasteiger partial charge in [-0.05, 0) is 6.07 Å². The first-order chi connectivity index (χ1) is 9.36. The van der Waals surface area contributed by atoms with Crippen LogP contribution in [0.25, 0.3) is 5.65 Å². The maximum atomic E-state index is 5.40. The van der Waals surface area contributed by atoms with Gasteiger partial charge in [-0.15, -0.1) is 0 Å². The molecule has 0 aliphatic heterocycles. The smallest absolute Gasteiger partial charge is 0.180 e. The number of nitrogens with one attached hydrogen (secondary N) is 2. The minimum absolute atomic E-state index is 0.576. The standard InChI is InChI=1S/C11H14N8/c12-17-9-8-18-6-3-14-11(18)10(16-9)13-4-7-19-5-1-2-15-19/h1-3,5-6,8,17H,4,7,12H2,(H,13,16). The van der Waals surface area contributed by atoms with Gasteiger partial charge in [0.1, 0.15) is 0 Å². The molecule has 0 spiro atoms. The Morgan fingerprint density at radius 1 is 1.26 bits per heavy atom. The van der Waals surface area contributed by atoms with Gasteiger partial charge < -0.3 is 15.1 Å². The fraction of sp³-hybridized carbons (Fsp3) is 0.182. The fourth-order valence-corrected chi connectivity index (χ4v) is 1.84. The summed E-state index contributed by atoms with van der Waals surface area (Å²) >= 11 is 0. The van der Waals surface area contributed by atoms with Crippen LogP contribution in [0.15, 0.2) is 37.1 Å². The van der Waals surface area contributed by atoms with Gasteiger partial charge in [0.2, 0.25) is 0 Å². The topological polar surface area (TPSA) is 98.1 Å². The van der Waals surface area contributed by atoms with Crippen LogP contribution in [0.1, 0.15) is 0 Å². The summed E-state index contributed by atoms with van der Waals surface area (Å²) in [5.74, 6) is 6.66. The molecule has 0 saturated heterocycles. The number of hydrogen-bond donors (Lipinski definition) is 3. The highest BCUT2D eigenvalue weighted by Crippen LogP contribution is 2.15. The number of hydrazine groups is 1. The fourth-order valence-electron chi connectivity index (χ4n) is 1.84. The molecular formula is C11H14N8. The number of nitrogens with two attached hydrogens (primary N) is 1. The molecule has 0 aliphatic rings. The molecule has 3 heterocycles. The van der Waals surface area contributed by atoms with E-state index in [-0.39, 0.29) is 0 Å². The van der Waals surface area contributed by atoms with Gasteiger partial charge in [0.15, 0.2) is 17.3 Å². The monoisotopic (exact) mass is 258 g/mol. The van der Waals surface area contributed by atoms with Crippen molar-refractivity contribution < 1.29 is 0 Å². The second-order valence-electron chi connectivity index (χ2n) is 3.97. The van der Waals surface area contributed by atoms with Crippen LogP contribution in [0.5, 0.6) is 0 Å². The van der Waals surface area contributed by atoms with Crippen molar-refractivity contribution >= 4 is 17.3 Å². The minimum atomic E-state index is 0.576. The molecular weight excluding hydrogens is 244 g/mol. The SMILES string of the molecule is NNc1cn2ccnc2c(NCCn2cccn2)n1. The van der Waals surface area contributed by atoms with E-state index < -0.39 is 0 Å². The van der Waals surface area contributed by atoms with Crippen LogP contribution in [0, 0.1) is 0 Å². The number of hydrogen-bond acceptors (Lipinski definition) is 6. The zero-order valence-corrected chi connectivity index (χ0v) is 10.2. The third kappa shape index (κ3) is 2.33. The lowest BCUT2D eigenvalue weighted by atomic mass is 10.5. The lowest BCUT2D eigenvalue weighted by Crippen LogP contribution is -2.15. The van der Waals surface area contributed by atoms with Gasteiger partial charge in [-0.25, -0.2) is 15.8 Å². The molecule has 0 amide bonds. The van der Waals surface area contributed by atoms with Crippen LogP contribution in [0.2, 0.25) is 0 Å². The maximum absolute atomic E-state index is 5.40. The molecule has 98 valence electrons. The summed E-state index contributed by atoms with van der Waals surface area (Å²) in [6, 6.07) is 1.89. The Labute approximate surface area is 109 Å². The average molecular weight is 258 g/mol. The minimum Gasteiger partial charge on any atom is -0.365 e. The van der Waals surface area contributed by atoms with E-state index in [0.717, 1.165) is 12.2 Å². The van der Waals surface area contributed by atoms with Crippen molar-refractivity contribution in [2.45, 2.75) is 6.54 Å². The van der Waals surface area contributed by atoms with Gasteiger partial charge in [-0.2, -0.15) is 5.10 Å². The highest BCUT2D eigenvalue weighted by Gasteiger charge is 2.06. The number of imidazole rings is 1. The lowest BCUT2D eigenvalue weighted by Gasteiger charge is -2.09. The van der Waals surface area contributed by atoms with Crippen LogP contribution < -0.4 is 16.6 Å². The van der Waals surface area contributed by atoms with Crippen molar-refractivity contribution in [1.29, 1.82) is 0 Å². The van der Waals surface area contributed by atoms with Gasteiger partial charge in [0.25, 0.3) is 0 Å². The number of aromatic nitrogens is 5. The second kappa shape index (κ2) is 4.94. The predicted molar refractivity (Wildman–Crippen MR) is 71.5 cm³/mol. The van der Waals surface area contributed by atoms with Crippen LogP contribution in [-0.4, -0.2) is 30.7 Å². The Morgan fingerprint density at radius 3 is 3.00 bits per heavy atom. The molecule has 0 aliphatic carbocycles. The Bertz CT molecular complexity index is 656. The zero-order valence-electron chi connectivity index (χ0n) is 10.2. The molecule has 0 unspecified atom stereocenters. The third-order valence-electron chi connectivity index (χ3n) is 2.71. The molecule has 0 fully saturated rings. The molecule has 0 radical (unpaired) electrons. The average Bonchev–Trinajstić information content (AvgIpc) is 3.08. The van der Waals surface area contributed by atoms with Gasteiger partial charge in [-0.3, -0.25) is 4.68 Å². The number of fused-ring (bicyclic) bond motifs is 1. The summed E-state index contributed by atoms with van der Waals surface area (Å²) in [5, 5.41) is 7.37. The van der Waals surface area contributed by atoms with Gasteiger partial charge >= 0.3 is 0 Å². The molecule has 19 heavy (non-hydrogen) atoms. The first-order valence-electron chi connectivity index (χ1n) is 5.88. The predicted octanol–water partition coefficient (Wildman–Crippen LogP) is 0.323. The summed E-state index contributed by atoms with van der Waals surface area (Å²) in [7, 11) is 0. The molecule has 4 N–H and O–H groups in total. The van der Waals surface area contributed by atoms with E-state index in [9.17, 15) is 0 Å². The van der Waals surface area contributed by atoms with Crippen LogP contribution >= 0.6 is 0 Å². The number of rotatable bonds is 5. The highest BCUT2D eigenvalue weighted by molar-refractivity contribution is 5.65. The Kier molecular flexibility index (Phi) is 2.99. The quantitative estimate of drug-likeness (QED) is 0.450. The molecule has 0 atom stereocenters. The first-order valence-corrected chi connectivity index (χ1v) is 5.88. The molecule has 0 bridgehead atoms. The summed E-state index contributed by atoms with van der Waals surface area (Å²) in [6.07, 6.45) is 9.01. The van der Waals surface area contributed by atoms with E-state index in [0.29, 0.717) is 18.2 Å². The molecule has 8 heteroatoms. The maximum Gasteiger partial charge on any atom is 0.180 e. The Balaban J connectivity index is 1.77. The number of anilines is 2. The highest BCUT2D eigenvalue weighted by atomic mass is 15.3. The Hall–Kier alpha value is -2.61. The molecule has 3 aromatic heterocycles. The van der Waals surface area contributed by atoms with E-state index in [1.165, 1.54) is 0 Å². The van der Waals surface area contributed by atoms with E-state index in [1.54, 1.807) is 18.6 Å². The van der Waals surface area contributed by atoms with Gasteiger partial charge in [0, 0.05) is 31.3 Å². The zero-order chi connectivity index (χ0) is 13.1. The van der Waals surface area contributed by atoms with E-state index >= 15 is 0 Å². The van der Waals surface area contributed by atoms with Crippen molar-refractivity contribution in [2.75, 3.05) is 17.3 Å². The first kappa shape index (κ1) is 11.5. The van der Waals surface area contributed by atoms with Crippen molar-refractivity contribution in [3.8, 4) is 0 Å². The summed E-state index contributed by atoms with van der Waals surface area (Å²) in [5.41, 5.74) is 3.30. The summed E-state index contributed by atoms with van der Waals surface area (Å²) in [6.45, 7) is 1.45. The van der Waals surface area contributed by atoms with Crippen LogP contribution in [0.4, 0.5) is 11.6 Å². The second-order valence-corrected chi connectivity index (χ2v) is 3.97. The molecule has 8 nitrogen and oxygen atoms in total. The number of nitrogen functional groups attached to an aromatic ring is 1. The number of nitrogens with zero attached hydrogens (tertiary/aromatic N) is 5. The van der Waals surface area contributed by atoms with E-state index in [1.807, 2.05) is 27.5 Å².